The number of nitrogens with zero attached hydrogens (tertiary/aromatic N) is 2. The molecule has 0 heterocycles. The fourth-order valence-electron chi connectivity index (χ4n) is 2.30. The van der Waals surface area contributed by atoms with Crippen molar-refractivity contribution < 1.29 is 5.11 Å². The van der Waals surface area contributed by atoms with E-state index >= 15 is 0 Å². The number of thioether (sulfide) groups is 2. The molecule has 0 aliphatic rings. The molecule has 0 aromatic heterocycles. The molecule has 0 aromatic rings. The highest BCUT2D eigenvalue weighted by atomic mass is 32.2. The Morgan fingerprint density at radius 3 is 1.14 bits per heavy atom. The lowest BCUT2D eigenvalue weighted by molar-refractivity contribution is 0.410. The molecule has 3 N–H and O–H groups in total. The second-order valence-corrected chi connectivity index (χ2v) is 10.7. The van der Waals surface area contributed by atoms with Crippen molar-refractivity contribution in [2.24, 2.45) is 5.73 Å². The lowest BCUT2D eigenvalue weighted by Gasteiger charge is -2.26. The van der Waals surface area contributed by atoms with Crippen LogP contribution in [0, 0.1) is 0 Å². The maximum Gasteiger partial charge on any atom is 0.251 e. The Kier molecular flexibility index (Phi) is 24.7. The van der Waals surface area contributed by atoms with Gasteiger partial charge in [0.2, 0.25) is 0 Å². The topological polar surface area (TPSA) is 52.7 Å². The van der Waals surface area contributed by atoms with Gasteiger partial charge in [-0.2, -0.15) is 0 Å². The number of rotatable bonds is 14. The Hall–Kier alpha value is 0.170. The van der Waals surface area contributed by atoms with Gasteiger partial charge in [-0.25, -0.2) is 0 Å². The maximum absolute atomic E-state index is 7.56. The molecule has 0 fully saturated rings. The van der Waals surface area contributed by atoms with Gasteiger partial charge in [0, 0.05) is 26.2 Å². The van der Waals surface area contributed by atoms with Gasteiger partial charge in [0.25, 0.3) is 5.17 Å². The van der Waals surface area contributed by atoms with Crippen LogP contribution >= 0.6 is 60.2 Å². The number of aliphatic hydroxyl groups is 1. The lowest BCUT2D eigenvalue weighted by Crippen LogP contribution is -2.31. The fraction of sp³-hybridized carbons (Fsp3) is 0.850. The van der Waals surface area contributed by atoms with Crippen LogP contribution in [-0.2, 0) is 0 Å². The van der Waals surface area contributed by atoms with E-state index in [1.807, 2.05) is 0 Å². The number of aliphatic hydroxyl groups excluding tert-OH is 1. The van der Waals surface area contributed by atoms with E-state index < -0.39 is 5.17 Å². The SMILES string of the molecule is CCCCN(CCCC)C(=S)SCSC(=S)N(CCCC)CCCC.NC(O)=S. The van der Waals surface area contributed by atoms with E-state index in [2.05, 4.69) is 55.4 Å². The molecule has 0 aliphatic carbocycles. The molecule has 29 heavy (non-hydrogen) atoms. The number of hydrogen-bond acceptors (Lipinski definition) is 5. The summed E-state index contributed by atoms with van der Waals surface area (Å²) in [4.78, 5) is 4.78. The molecule has 0 saturated heterocycles. The third-order valence-corrected chi connectivity index (χ3v) is 7.18. The Morgan fingerprint density at radius 2 is 0.931 bits per heavy atom. The predicted octanol–water partition coefficient (Wildman–Crippen LogP) is 6.57. The Bertz CT molecular complexity index is 386. The van der Waals surface area contributed by atoms with Gasteiger partial charge < -0.3 is 20.6 Å². The number of hydrogen-bond donors (Lipinski definition) is 2. The largest absolute Gasteiger partial charge is 0.487 e. The van der Waals surface area contributed by atoms with Crippen molar-refractivity contribution in [2.45, 2.75) is 79.1 Å². The first-order chi connectivity index (χ1) is 13.8. The molecule has 0 spiro atoms. The Morgan fingerprint density at radius 1 is 0.690 bits per heavy atom. The molecular formula is C20H41N3OS5. The molecule has 0 rings (SSSR count). The predicted molar refractivity (Wildman–Crippen MR) is 147 cm³/mol. The minimum absolute atomic E-state index is 0.500. The summed E-state index contributed by atoms with van der Waals surface area (Å²) in [5.41, 5.74) is 4.40. The minimum atomic E-state index is -0.500. The molecule has 0 unspecified atom stereocenters. The van der Waals surface area contributed by atoms with Gasteiger partial charge in [0.05, 0.1) is 5.08 Å². The van der Waals surface area contributed by atoms with Crippen LogP contribution in [0.25, 0.3) is 0 Å². The molecule has 0 saturated carbocycles. The summed E-state index contributed by atoms with van der Waals surface area (Å²) in [5, 5.41) is 8.00. The van der Waals surface area contributed by atoms with E-state index in [-0.39, 0.29) is 0 Å². The number of nitrogens with two attached hydrogens (primary N) is 1. The number of thiocarbonyl (C=S) groups is 3. The molecular weight excluding hydrogens is 459 g/mol. The summed E-state index contributed by atoms with van der Waals surface area (Å²) in [7, 11) is 0. The van der Waals surface area contributed by atoms with Gasteiger partial charge in [-0.15, -0.1) is 0 Å². The van der Waals surface area contributed by atoms with E-state index in [0.717, 1.165) is 39.9 Å². The van der Waals surface area contributed by atoms with Gasteiger partial charge in [0.15, 0.2) is 0 Å². The molecule has 172 valence electrons. The molecule has 0 atom stereocenters. The monoisotopic (exact) mass is 499 g/mol. The molecule has 4 nitrogen and oxygen atoms in total. The summed E-state index contributed by atoms with van der Waals surface area (Å²) in [6, 6.07) is 0. The second-order valence-electron chi connectivity index (χ2n) is 6.66. The summed E-state index contributed by atoms with van der Waals surface area (Å²) >= 11 is 18.8. The minimum Gasteiger partial charge on any atom is -0.487 e. The van der Waals surface area contributed by atoms with Crippen molar-refractivity contribution in [3.63, 3.8) is 0 Å². The summed E-state index contributed by atoms with van der Waals surface area (Å²) < 4.78 is 2.09. The van der Waals surface area contributed by atoms with E-state index in [4.69, 9.17) is 29.5 Å². The Balaban J connectivity index is 0. The smallest absolute Gasteiger partial charge is 0.251 e. The van der Waals surface area contributed by atoms with Crippen molar-refractivity contribution in [3.8, 4) is 0 Å². The van der Waals surface area contributed by atoms with Crippen LogP contribution in [0.4, 0.5) is 0 Å². The van der Waals surface area contributed by atoms with Crippen LogP contribution in [0.1, 0.15) is 79.1 Å². The van der Waals surface area contributed by atoms with Crippen molar-refractivity contribution in [2.75, 3.05) is 31.3 Å². The first-order valence-electron chi connectivity index (χ1n) is 10.7. The molecule has 0 aliphatic heterocycles. The zero-order valence-corrected chi connectivity index (χ0v) is 22.7. The van der Waals surface area contributed by atoms with Crippen LogP contribution in [-0.4, -0.2) is 60.0 Å². The summed E-state index contributed by atoms with van der Waals surface area (Å²) in [6.07, 6.45) is 9.76. The highest BCUT2D eigenvalue weighted by Crippen LogP contribution is 2.21. The van der Waals surface area contributed by atoms with Crippen LogP contribution in [0.3, 0.4) is 0 Å². The van der Waals surface area contributed by atoms with Crippen LogP contribution < -0.4 is 5.73 Å². The van der Waals surface area contributed by atoms with Crippen LogP contribution in [0.15, 0.2) is 0 Å². The van der Waals surface area contributed by atoms with Crippen LogP contribution in [0.5, 0.6) is 0 Å². The quantitative estimate of drug-likeness (QED) is 0.204. The zero-order valence-electron chi connectivity index (χ0n) is 18.7. The van der Waals surface area contributed by atoms with Crippen molar-refractivity contribution in [3.05, 3.63) is 0 Å². The van der Waals surface area contributed by atoms with Crippen LogP contribution in [0.2, 0.25) is 0 Å². The molecule has 0 aromatic carbocycles. The van der Waals surface area contributed by atoms with Crippen molar-refractivity contribution in [1.29, 1.82) is 0 Å². The van der Waals surface area contributed by atoms with Gasteiger partial charge >= 0.3 is 0 Å². The highest BCUT2D eigenvalue weighted by molar-refractivity contribution is 8.35. The van der Waals surface area contributed by atoms with Gasteiger partial charge in [0.1, 0.15) is 8.64 Å². The summed E-state index contributed by atoms with van der Waals surface area (Å²) in [5.74, 6) is 0. The molecule has 0 bridgehead atoms. The average Bonchev–Trinajstić information content (AvgIpc) is 2.67. The lowest BCUT2D eigenvalue weighted by atomic mass is 10.3. The fourth-order valence-corrected chi connectivity index (χ4v) is 5.30. The van der Waals surface area contributed by atoms with Crippen molar-refractivity contribution in [1.82, 2.24) is 9.80 Å². The third kappa shape index (κ3) is 21.2. The first kappa shape index (κ1) is 31.4. The number of unbranched alkanes of at least 4 members (excludes halogenated alkanes) is 4. The molecule has 9 heteroatoms. The third-order valence-electron chi connectivity index (χ3n) is 4.01. The van der Waals surface area contributed by atoms with E-state index in [1.54, 1.807) is 23.5 Å². The standard InChI is InChI=1S/C19H38N2S4.CH3NOS/c1-5-9-13-20(14-10-6-2)18(22)24-17-25-19(23)21(15-11-7-3)16-12-8-4;2-1(3)4/h5-17H2,1-4H3;(H3,2,3,4). The van der Waals surface area contributed by atoms with E-state index in [9.17, 15) is 0 Å². The van der Waals surface area contributed by atoms with E-state index in [1.165, 1.54) is 51.4 Å². The summed E-state index contributed by atoms with van der Waals surface area (Å²) in [6.45, 7) is 13.3. The van der Waals surface area contributed by atoms with Gasteiger partial charge in [-0.3, -0.25) is 0 Å². The first-order valence-corrected chi connectivity index (χ1v) is 13.8. The van der Waals surface area contributed by atoms with Crippen molar-refractivity contribution >= 4 is 74.0 Å². The molecule has 0 radical (unpaired) electrons. The van der Waals surface area contributed by atoms with E-state index in [0.29, 0.717) is 0 Å². The maximum atomic E-state index is 7.56. The molecule has 0 amide bonds. The average molecular weight is 500 g/mol. The normalized spacial score (nSPS) is 10.1. The van der Waals surface area contributed by atoms with Gasteiger partial charge in [-0.1, -0.05) is 101 Å². The highest BCUT2D eigenvalue weighted by Gasteiger charge is 2.12. The van der Waals surface area contributed by atoms with Gasteiger partial charge in [-0.05, 0) is 37.9 Å². The second kappa shape index (κ2) is 22.8. The zero-order chi connectivity index (χ0) is 22.5. The Labute approximate surface area is 204 Å².